The summed E-state index contributed by atoms with van der Waals surface area (Å²) >= 11 is 3.35. The fraction of sp³-hybridized carbons (Fsp3) is 0.0833. The molecule has 1 aromatic heterocycles. The van der Waals surface area contributed by atoms with Crippen molar-refractivity contribution in [1.29, 1.82) is 0 Å². The van der Waals surface area contributed by atoms with Gasteiger partial charge in [0.2, 0.25) is 0 Å². The molecule has 0 aliphatic rings. The Labute approximate surface area is 102 Å². The topological polar surface area (TPSA) is 42.9 Å². The van der Waals surface area contributed by atoms with Gasteiger partial charge in [-0.15, -0.1) is 0 Å². The monoisotopic (exact) mass is 276 g/mol. The standard InChI is InChI=1S/C12H9BrN2O/c13-11-3-1-9(2-4-11)5-12(16)10-6-14-8-15-7-10/h1-4,6-8H,5H2. The zero-order valence-electron chi connectivity index (χ0n) is 8.43. The van der Waals surface area contributed by atoms with Crippen molar-refractivity contribution in [1.82, 2.24) is 9.97 Å². The minimum Gasteiger partial charge on any atom is -0.294 e. The highest BCUT2D eigenvalue weighted by molar-refractivity contribution is 9.10. The van der Waals surface area contributed by atoms with E-state index < -0.39 is 0 Å². The van der Waals surface area contributed by atoms with Crippen molar-refractivity contribution in [2.75, 3.05) is 0 Å². The van der Waals surface area contributed by atoms with Crippen LogP contribution in [0.5, 0.6) is 0 Å². The third-order valence-electron chi connectivity index (χ3n) is 2.16. The molecule has 16 heavy (non-hydrogen) atoms. The molecular weight excluding hydrogens is 268 g/mol. The third-order valence-corrected chi connectivity index (χ3v) is 2.69. The van der Waals surface area contributed by atoms with Crippen LogP contribution >= 0.6 is 15.9 Å². The number of rotatable bonds is 3. The summed E-state index contributed by atoms with van der Waals surface area (Å²) in [6.07, 6.45) is 4.86. The summed E-state index contributed by atoms with van der Waals surface area (Å²) in [6, 6.07) is 7.69. The average Bonchev–Trinajstić information content (AvgIpc) is 2.33. The van der Waals surface area contributed by atoms with Gasteiger partial charge in [0, 0.05) is 23.3 Å². The lowest BCUT2D eigenvalue weighted by molar-refractivity contribution is 0.0992. The first-order chi connectivity index (χ1) is 7.75. The molecule has 0 spiro atoms. The van der Waals surface area contributed by atoms with Crippen molar-refractivity contribution < 1.29 is 4.79 Å². The molecular formula is C12H9BrN2O. The van der Waals surface area contributed by atoms with E-state index in [0.717, 1.165) is 10.0 Å². The normalized spacial score (nSPS) is 10.1. The van der Waals surface area contributed by atoms with E-state index in [-0.39, 0.29) is 5.78 Å². The Bertz CT molecular complexity index is 482. The summed E-state index contributed by atoms with van der Waals surface area (Å²) in [6.45, 7) is 0. The number of benzene rings is 1. The Kier molecular flexibility index (Phi) is 3.41. The zero-order valence-corrected chi connectivity index (χ0v) is 10.0. The van der Waals surface area contributed by atoms with Crippen LogP contribution < -0.4 is 0 Å². The predicted octanol–water partition coefficient (Wildman–Crippen LogP) is 2.66. The maximum absolute atomic E-state index is 11.8. The van der Waals surface area contributed by atoms with E-state index in [9.17, 15) is 4.79 Å². The number of halogens is 1. The van der Waals surface area contributed by atoms with Crippen molar-refractivity contribution in [3.63, 3.8) is 0 Å². The molecule has 80 valence electrons. The smallest absolute Gasteiger partial charge is 0.170 e. The van der Waals surface area contributed by atoms with E-state index in [2.05, 4.69) is 25.9 Å². The maximum Gasteiger partial charge on any atom is 0.170 e. The lowest BCUT2D eigenvalue weighted by atomic mass is 10.1. The summed E-state index contributed by atoms with van der Waals surface area (Å²) in [5, 5.41) is 0. The van der Waals surface area contributed by atoms with Gasteiger partial charge in [0.1, 0.15) is 6.33 Å². The fourth-order valence-electron chi connectivity index (χ4n) is 1.33. The predicted molar refractivity (Wildman–Crippen MR) is 64.2 cm³/mol. The first-order valence-corrected chi connectivity index (χ1v) is 5.57. The van der Waals surface area contributed by atoms with Gasteiger partial charge in [0.05, 0.1) is 5.56 Å². The van der Waals surface area contributed by atoms with Crippen LogP contribution in [0.4, 0.5) is 0 Å². The van der Waals surface area contributed by atoms with Gasteiger partial charge in [-0.3, -0.25) is 4.79 Å². The molecule has 0 bridgehead atoms. The Morgan fingerprint density at radius 1 is 1.12 bits per heavy atom. The molecule has 1 heterocycles. The van der Waals surface area contributed by atoms with Crippen LogP contribution in [0.25, 0.3) is 0 Å². The van der Waals surface area contributed by atoms with Crippen molar-refractivity contribution in [2.45, 2.75) is 6.42 Å². The Hall–Kier alpha value is -1.55. The van der Waals surface area contributed by atoms with Gasteiger partial charge in [0.15, 0.2) is 5.78 Å². The molecule has 2 aromatic rings. The third kappa shape index (κ3) is 2.73. The number of carbonyl (C=O) groups excluding carboxylic acids is 1. The molecule has 0 fully saturated rings. The van der Waals surface area contributed by atoms with Crippen molar-refractivity contribution in [3.05, 3.63) is 58.6 Å². The largest absolute Gasteiger partial charge is 0.294 e. The summed E-state index contributed by atoms with van der Waals surface area (Å²) in [7, 11) is 0. The summed E-state index contributed by atoms with van der Waals surface area (Å²) in [5.41, 5.74) is 1.53. The lowest BCUT2D eigenvalue weighted by Gasteiger charge is -2.00. The van der Waals surface area contributed by atoms with Crippen LogP contribution in [0.3, 0.4) is 0 Å². The van der Waals surface area contributed by atoms with Gasteiger partial charge in [0.25, 0.3) is 0 Å². The first-order valence-electron chi connectivity index (χ1n) is 4.78. The number of carbonyl (C=O) groups is 1. The van der Waals surface area contributed by atoms with Gasteiger partial charge in [-0.1, -0.05) is 28.1 Å². The number of aromatic nitrogens is 2. The lowest BCUT2D eigenvalue weighted by Crippen LogP contribution is -2.04. The fourth-order valence-corrected chi connectivity index (χ4v) is 1.60. The summed E-state index contributed by atoms with van der Waals surface area (Å²) < 4.78 is 1.01. The van der Waals surface area contributed by atoms with Gasteiger partial charge in [-0.25, -0.2) is 9.97 Å². The second-order valence-electron chi connectivity index (χ2n) is 3.35. The number of hydrogen-bond donors (Lipinski definition) is 0. The summed E-state index contributed by atoms with van der Waals surface area (Å²) in [4.78, 5) is 19.5. The average molecular weight is 277 g/mol. The van der Waals surface area contributed by atoms with Crippen LogP contribution in [-0.2, 0) is 6.42 Å². The van der Waals surface area contributed by atoms with E-state index in [1.165, 1.54) is 18.7 Å². The zero-order chi connectivity index (χ0) is 11.4. The molecule has 0 unspecified atom stereocenters. The quantitative estimate of drug-likeness (QED) is 0.810. The molecule has 0 radical (unpaired) electrons. The molecule has 0 aliphatic heterocycles. The molecule has 3 nitrogen and oxygen atoms in total. The molecule has 4 heteroatoms. The number of hydrogen-bond acceptors (Lipinski definition) is 3. The van der Waals surface area contributed by atoms with Crippen LogP contribution in [0.2, 0.25) is 0 Å². The minimum absolute atomic E-state index is 0.0305. The van der Waals surface area contributed by atoms with E-state index >= 15 is 0 Å². The molecule has 2 rings (SSSR count). The van der Waals surface area contributed by atoms with Crippen LogP contribution in [0.15, 0.2) is 47.5 Å². The first kappa shape index (κ1) is 11.0. The van der Waals surface area contributed by atoms with Gasteiger partial charge in [-0.2, -0.15) is 0 Å². The van der Waals surface area contributed by atoms with Gasteiger partial charge in [-0.05, 0) is 17.7 Å². The summed E-state index contributed by atoms with van der Waals surface area (Å²) in [5.74, 6) is 0.0305. The van der Waals surface area contributed by atoms with E-state index in [1.54, 1.807) is 0 Å². The van der Waals surface area contributed by atoms with Gasteiger partial charge >= 0.3 is 0 Å². The highest BCUT2D eigenvalue weighted by Gasteiger charge is 2.06. The minimum atomic E-state index is 0.0305. The Morgan fingerprint density at radius 3 is 2.38 bits per heavy atom. The molecule has 0 saturated carbocycles. The van der Waals surface area contributed by atoms with Crippen molar-refractivity contribution >= 4 is 21.7 Å². The molecule has 0 atom stereocenters. The second-order valence-corrected chi connectivity index (χ2v) is 4.27. The second kappa shape index (κ2) is 4.99. The highest BCUT2D eigenvalue weighted by atomic mass is 79.9. The van der Waals surface area contributed by atoms with E-state index in [1.807, 2.05) is 24.3 Å². The van der Waals surface area contributed by atoms with Crippen LogP contribution in [-0.4, -0.2) is 15.8 Å². The number of ketones is 1. The number of nitrogens with zero attached hydrogens (tertiary/aromatic N) is 2. The van der Waals surface area contributed by atoms with Crippen LogP contribution in [0.1, 0.15) is 15.9 Å². The molecule has 0 amide bonds. The Morgan fingerprint density at radius 2 is 1.75 bits per heavy atom. The molecule has 0 aliphatic carbocycles. The van der Waals surface area contributed by atoms with E-state index in [4.69, 9.17) is 0 Å². The van der Waals surface area contributed by atoms with Crippen molar-refractivity contribution in [2.24, 2.45) is 0 Å². The molecule has 0 saturated heterocycles. The van der Waals surface area contributed by atoms with E-state index in [0.29, 0.717) is 12.0 Å². The van der Waals surface area contributed by atoms with Crippen LogP contribution in [0, 0.1) is 0 Å². The van der Waals surface area contributed by atoms with Crippen molar-refractivity contribution in [3.8, 4) is 0 Å². The number of Topliss-reactive ketones (excluding diaryl/α,β-unsaturated/α-hetero) is 1. The maximum atomic E-state index is 11.8. The SMILES string of the molecule is O=C(Cc1ccc(Br)cc1)c1cncnc1. The molecule has 1 aromatic carbocycles. The van der Waals surface area contributed by atoms with Gasteiger partial charge < -0.3 is 0 Å². The Balaban J connectivity index is 2.11. The highest BCUT2D eigenvalue weighted by Crippen LogP contribution is 2.12. The molecule has 0 N–H and O–H groups in total.